The Morgan fingerprint density at radius 2 is 2.19 bits per heavy atom. The number of hydrogen-bond donors (Lipinski definition) is 1. The fourth-order valence-electron chi connectivity index (χ4n) is 1.44. The van der Waals surface area contributed by atoms with Crippen LogP contribution in [0.1, 0.15) is 11.4 Å². The lowest BCUT2D eigenvalue weighted by molar-refractivity contribution is 0.174. The van der Waals surface area contributed by atoms with Gasteiger partial charge in [0.25, 0.3) is 0 Å². The van der Waals surface area contributed by atoms with E-state index < -0.39 is 0 Å². The Labute approximate surface area is 96.6 Å². The Morgan fingerprint density at radius 1 is 1.44 bits per heavy atom. The van der Waals surface area contributed by atoms with Crippen molar-refractivity contribution in [3.63, 3.8) is 0 Å². The number of likely N-dealkylation sites (N-methyl/N-ethyl adjacent to an activating group) is 1. The third-order valence-corrected chi connectivity index (χ3v) is 2.30. The summed E-state index contributed by atoms with van der Waals surface area (Å²) in [5.41, 5.74) is 2.02. The van der Waals surface area contributed by atoms with Gasteiger partial charge in [-0.3, -0.25) is 0 Å². The van der Waals surface area contributed by atoms with Gasteiger partial charge in [-0.25, -0.2) is 4.68 Å². The molecule has 1 aromatic heterocycles. The topological polar surface area (TPSA) is 55.2 Å². The maximum absolute atomic E-state index is 5.18. The fraction of sp³-hybridized carbons (Fsp3) is 0.800. The lowest BCUT2D eigenvalue weighted by atomic mass is 10.3. The van der Waals surface area contributed by atoms with Crippen molar-refractivity contribution >= 4 is 0 Å². The predicted molar refractivity (Wildman–Crippen MR) is 62.1 cm³/mol. The van der Waals surface area contributed by atoms with E-state index in [1.54, 1.807) is 7.11 Å². The molecule has 0 aliphatic rings. The standard InChI is InChI=1S/C10H21N5O/c1-11-7-9-10(8-16-4)15(13-12-9)6-5-14(2)3/h11H,5-8H2,1-4H3. The van der Waals surface area contributed by atoms with Gasteiger partial charge in [-0.1, -0.05) is 5.21 Å². The number of methoxy groups -OCH3 is 1. The molecule has 1 N–H and O–H groups in total. The molecular weight excluding hydrogens is 206 g/mol. The van der Waals surface area contributed by atoms with Gasteiger partial charge in [-0.05, 0) is 21.1 Å². The average Bonchev–Trinajstić information content (AvgIpc) is 2.60. The molecule has 0 radical (unpaired) electrons. The van der Waals surface area contributed by atoms with Crippen molar-refractivity contribution in [2.45, 2.75) is 19.7 Å². The zero-order valence-corrected chi connectivity index (χ0v) is 10.5. The van der Waals surface area contributed by atoms with Crippen LogP contribution >= 0.6 is 0 Å². The zero-order chi connectivity index (χ0) is 12.0. The molecule has 0 saturated heterocycles. The largest absolute Gasteiger partial charge is 0.378 e. The number of ether oxygens (including phenoxy) is 1. The number of nitrogens with zero attached hydrogens (tertiary/aromatic N) is 4. The molecule has 0 amide bonds. The van der Waals surface area contributed by atoms with Crippen LogP contribution in [0.2, 0.25) is 0 Å². The molecule has 16 heavy (non-hydrogen) atoms. The summed E-state index contributed by atoms with van der Waals surface area (Å²) in [4.78, 5) is 2.12. The van der Waals surface area contributed by atoms with Crippen molar-refractivity contribution in [2.75, 3.05) is 34.8 Å². The van der Waals surface area contributed by atoms with Crippen molar-refractivity contribution in [1.29, 1.82) is 0 Å². The second-order valence-corrected chi connectivity index (χ2v) is 3.97. The normalized spacial score (nSPS) is 11.3. The monoisotopic (exact) mass is 227 g/mol. The lowest BCUT2D eigenvalue weighted by Gasteiger charge is -2.11. The minimum Gasteiger partial charge on any atom is -0.378 e. The second kappa shape index (κ2) is 6.57. The van der Waals surface area contributed by atoms with Gasteiger partial charge in [0.1, 0.15) is 5.69 Å². The minimum absolute atomic E-state index is 0.553. The Bertz CT molecular complexity index is 310. The minimum atomic E-state index is 0.553. The fourth-order valence-corrected chi connectivity index (χ4v) is 1.44. The molecule has 0 aliphatic heterocycles. The van der Waals surface area contributed by atoms with Crippen LogP contribution in [-0.2, 0) is 24.4 Å². The molecule has 0 aliphatic carbocycles. The summed E-state index contributed by atoms with van der Waals surface area (Å²) < 4.78 is 7.09. The molecule has 1 aromatic rings. The summed E-state index contributed by atoms with van der Waals surface area (Å²) >= 11 is 0. The Hall–Kier alpha value is -0.980. The molecule has 0 aromatic carbocycles. The highest BCUT2D eigenvalue weighted by atomic mass is 16.5. The highest BCUT2D eigenvalue weighted by Crippen LogP contribution is 2.06. The van der Waals surface area contributed by atoms with Crippen molar-refractivity contribution < 1.29 is 4.74 Å². The first kappa shape index (κ1) is 13.1. The number of hydrogen-bond acceptors (Lipinski definition) is 5. The van der Waals surface area contributed by atoms with E-state index in [1.165, 1.54) is 0 Å². The van der Waals surface area contributed by atoms with Gasteiger partial charge >= 0.3 is 0 Å². The SMILES string of the molecule is CNCc1nnn(CCN(C)C)c1COC. The average molecular weight is 227 g/mol. The van der Waals surface area contributed by atoms with Crippen LogP contribution in [0.25, 0.3) is 0 Å². The molecule has 1 heterocycles. The first-order valence-corrected chi connectivity index (χ1v) is 5.38. The molecule has 0 saturated carbocycles. The van der Waals surface area contributed by atoms with Crippen LogP contribution in [-0.4, -0.2) is 54.7 Å². The lowest BCUT2D eigenvalue weighted by Crippen LogP contribution is -2.20. The predicted octanol–water partition coefficient (Wildman–Crippen LogP) is -0.294. The number of rotatable bonds is 7. The number of nitrogens with one attached hydrogen (secondary N) is 1. The summed E-state index contributed by atoms with van der Waals surface area (Å²) in [6.07, 6.45) is 0. The van der Waals surface area contributed by atoms with Gasteiger partial charge in [0.05, 0.1) is 18.8 Å². The highest BCUT2D eigenvalue weighted by Gasteiger charge is 2.11. The number of aromatic nitrogens is 3. The van der Waals surface area contributed by atoms with Crippen LogP contribution < -0.4 is 5.32 Å². The summed E-state index contributed by atoms with van der Waals surface area (Å²) in [5.74, 6) is 0. The summed E-state index contributed by atoms with van der Waals surface area (Å²) in [6, 6.07) is 0. The molecule has 6 heteroatoms. The molecule has 0 atom stereocenters. The van der Waals surface area contributed by atoms with E-state index in [0.717, 1.165) is 31.0 Å². The molecular formula is C10H21N5O. The first-order chi connectivity index (χ1) is 7.69. The smallest absolute Gasteiger partial charge is 0.102 e. The van der Waals surface area contributed by atoms with Gasteiger partial charge in [-0.15, -0.1) is 5.10 Å². The van der Waals surface area contributed by atoms with Crippen molar-refractivity contribution in [3.8, 4) is 0 Å². The molecule has 0 spiro atoms. The molecule has 1 rings (SSSR count). The Balaban J connectivity index is 2.73. The van der Waals surface area contributed by atoms with Crippen LogP contribution in [0.4, 0.5) is 0 Å². The van der Waals surface area contributed by atoms with E-state index in [1.807, 2.05) is 25.8 Å². The van der Waals surface area contributed by atoms with E-state index in [9.17, 15) is 0 Å². The van der Waals surface area contributed by atoms with E-state index in [-0.39, 0.29) is 0 Å². The highest BCUT2D eigenvalue weighted by molar-refractivity contribution is 5.08. The molecule has 0 unspecified atom stereocenters. The van der Waals surface area contributed by atoms with E-state index in [4.69, 9.17) is 4.74 Å². The summed E-state index contributed by atoms with van der Waals surface area (Å²) in [6.45, 7) is 3.06. The molecule has 6 nitrogen and oxygen atoms in total. The maximum Gasteiger partial charge on any atom is 0.102 e. The van der Waals surface area contributed by atoms with Crippen LogP contribution in [0.5, 0.6) is 0 Å². The Morgan fingerprint density at radius 3 is 2.75 bits per heavy atom. The van der Waals surface area contributed by atoms with Crippen LogP contribution in [0.15, 0.2) is 0 Å². The third kappa shape index (κ3) is 3.55. The van der Waals surface area contributed by atoms with Gasteiger partial charge in [0, 0.05) is 20.2 Å². The molecule has 0 bridgehead atoms. The van der Waals surface area contributed by atoms with Crippen molar-refractivity contribution in [2.24, 2.45) is 0 Å². The van der Waals surface area contributed by atoms with Gasteiger partial charge < -0.3 is 15.0 Å². The van der Waals surface area contributed by atoms with E-state index >= 15 is 0 Å². The quantitative estimate of drug-likeness (QED) is 0.693. The Kier molecular flexibility index (Phi) is 5.37. The van der Waals surface area contributed by atoms with Crippen molar-refractivity contribution in [3.05, 3.63) is 11.4 Å². The zero-order valence-electron chi connectivity index (χ0n) is 10.5. The first-order valence-electron chi connectivity index (χ1n) is 5.38. The summed E-state index contributed by atoms with van der Waals surface area (Å²) in [5, 5.41) is 11.4. The van der Waals surface area contributed by atoms with E-state index in [2.05, 4.69) is 20.5 Å². The summed E-state index contributed by atoms with van der Waals surface area (Å²) in [7, 11) is 7.67. The second-order valence-electron chi connectivity index (χ2n) is 3.97. The van der Waals surface area contributed by atoms with Gasteiger partial charge in [0.2, 0.25) is 0 Å². The molecule has 92 valence electrons. The van der Waals surface area contributed by atoms with Crippen LogP contribution in [0.3, 0.4) is 0 Å². The van der Waals surface area contributed by atoms with Gasteiger partial charge in [-0.2, -0.15) is 0 Å². The van der Waals surface area contributed by atoms with Crippen LogP contribution in [0, 0.1) is 0 Å². The maximum atomic E-state index is 5.18. The third-order valence-electron chi connectivity index (χ3n) is 2.30. The van der Waals surface area contributed by atoms with E-state index in [0.29, 0.717) is 6.61 Å². The van der Waals surface area contributed by atoms with Crippen molar-refractivity contribution in [1.82, 2.24) is 25.2 Å². The molecule has 0 fully saturated rings. The van der Waals surface area contributed by atoms with Gasteiger partial charge in [0.15, 0.2) is 0 Å².